The SMILES string of the molecule is CCCN(Cc1ccccn1)C(=O)c1ccccc1. The molecule has 0 spiro atoms. The van der Waals surface area contributed by atoms with Crippen LogP contribution in [0.15, 0.2) is 54.7 Å². The summed E-state index contributed by atoms with van der Waals surface area (Å²) >= 11 is 0. The minimum Gasteiger partial charge on any atom is -0.333 e. The number of nitrogens with zero attached hydrogens (tertiary/aromatic N) is 2. The molecule has 0 radical (unpaired) electrons. The molecule has 0 N–H and O–H groups in total. The summed E-state index contributed by atoms with van der Waals surface area (Å²) in [7, 11) is 0. The average Bonchev–Trinajstić information content (AvgIpc) is 2.48. The quantitative estimate of drug-likeness (QED) is 0.821. The topological polar surface area (TPSA) is 33.2 Å². The summed E-state index contributed by atoms with van der Waals surface area (Å²) < 4.78 is 0. The van der Waals surface area contributed by atoms with Crippen molar-refractivity contribution < 1.29 is 4.79 Å². The van der Waals surface area contributed by atoms with E-state index in [1.807, 2.05) is 53.4 Å². The van der Waals surface area contributed by atoms with E-state index in [4.69, 9.17) is 0 Å². The molecule has 0 saturated carbocycles. The van der Waals surface area contributed by atoms with Crippen LogP contribution in [0.25, 0.3) is 0 Å². The summed E-state index contributed by atoms with van der Waals surface area (Å²) in [6.45, 7) is 3.37. The van der Waals surface area contributed by atoms with Crippen molar-refractivity contribution in [2.75, 3.05) is 6.54 Å². The monoisotopic (exact) mass is 254 g/mol. The van der Waals surface area contributed by atoms with Crippen LogP contribution in [0, 0.1) is 0 Å². The molecule has 0 atom stereocenters. The molecule has 2 rings (SSSR count). The maximum Gasteiger partial charge on any atom is 0.254 e. The van der Waals surface area contributed by atoms with Crippen molar-refractivity contribution in [1.82, 2.24) is 9.88 Å². The average molecular weight is 254 g/mol. The molecule has 0 aliphatic carbocycles. The second kappa shape index (κ2) is 6.69. The van der Waals surface area contributed by atoms with Gasteiger partial charge in [0.2, 0.25) is 0 Å². The van der Waals surface area contributed by atoms with Gasteiger partial charge < -0.3 is 4.90 Å². The lowest BCUT2D eigenvalue weighted by Gasteiger charge is -2.21. The molecule has 3 heteroatoms. The van der Waals surface area contributed by atoms with E-state index in [1.165, 1.54) is 0 Å². The molecule has 98 valence electrons. The molecule has 0 aliphatic heterocycles. The Bertz CT molecular complexity index is 511. The first-order chi connectivity index (χ1) is 9.31. The van der Waals surface area contributed by atoms with E-state index in [-0.39, 0.29) is 5.91 Å². The van der Waals surface area contributed by atoms with Crippen molar-refractivity contribution >= 4 is 5.91 Å². The van der Waals surface area contributed by atoms with E-state index in [0.29, 0.717) is 6.54 Å². The van der Waals surface area contributed by atoms with Gasteiger partial charge >= 0.3 is 0 Å². The molecule has 0 bridgehead atoms. The van der Waals surface area contributed by atoms with Crippen LogP contribution in [-0.2, 0) is 6.54 Å². The molecule has 1 aromatic heterocycles. The fraction of sp³-hybridized carbons (Fsp3) is 0.250. The van der Waals surface area contributed by atoms with Crippen LogP contribution in [-0.4, -0.2) is 22.3 Å². The fourth-order valence-electron chi connectivity index (χ4n) is 1.97. The molecule has 0 unspecified atom stereocenters. The summed E-state index contributed by atoms with van der Waals surface area (Å²) in [4.78, 5) is 18.6. The van der Waals surface area contributed by atoms with Gasteiger partial charge in [-0.2, -0.15) is 0 Å². The van der Waals surface area contributed by atoms with Gasteiger partial charge in [0, 0.05) is 18.3 Å². The highest BCUT2D eigenvalue weighted by atomic mass is 16.2. The third kappa shape index (κ3) is 3.65. The molecule has 1 heterocycles. The molecular formula is C16H18N2O. The number of hydrogen-bond acceptors (Lipinski definition) is 2. The number of amides is 1. The predicted octanol–water partition coefficient (Wildman–Crippen LogP) is 3.13. The lowest BCUT2D eigenvalue weighted by atomic mass is 10.2. The molecule has 1 aromatic carbocycles. The first kappa shape index (κ1) is 13.3. The first-order valence-electron chi connectivity index (χ1n) is 6.55. The summed E-state index contributed by atoms with van der Waals surface area (Å²) in [6.07, 6.45) is 2.69. The van der Waals surface area contributed by atoms with Crippen LogP contribution >= 0.6 is 0 Å². The number of hydrogen-bond donors (Lipinski definition) is 0. The number of carbonyl (C=O) groups is 1. The lowest BCUT2D eigenvalue weighted by molar-refractivity contribution is 0.0741. The van der Waals surface area contributed by atoms with E-state index < -0.39 is 0 Å². The maximum absolute atomic E-state index is 12.4. The van der Waals surface area contributed by atoms with Gasteiger partial charge in [0.05, 0.1) is 12.2 Å². The minimum atomic E-state index is 0.0631. The van der Waals surface area contributed by atoms with Gasteiger partial charge in [-0.25, -0.2) is 0 Å². The Morgan fingerprint density at radius 3 is 2.47 bits per heavy atom. The highest BCUT2D eigenvalue weighted by Gasteiger charge is 2.15. The molecule has 1 amide bonds. The zero-order valence-electron chi connectivity index (χ0n) is 11.1. The van der Waals surface area contributed by atoms with Crippen molar-refractivity contribution in [1.29, 1.82) is 0 Å². The zero-order valence-corrected chi connectivity index (χ0v) is 11.1. The van der Waals surface area contributed by atoms with Crippen LogP contribution in [0.3, 0.4) is 0 Å². The Morgan fingerprint density at radius 1 is 1.11 bits per heavy atom. The zero-order chi connectivity index (χ0) is 13.5. The second-order valence-corrected chi connectivity index (χ2v) is 4.41. The normalized spacial score (nSPS) is 10.2. The Labute approximate surface area is 113 Å². The summed E-state index contributed by atoms with van der Waals surface area (Å²) in [5, 5.41) is 0. The molecule has 3 nitrogen and oxygen atoms in total. The Balaban J connectivity index is 2.14. The van der Waals surface area contributed by atoms with Gasteiger partial charge in [-0.15, -0.1) is 0 Å². The molecule has 0 fully saturated rings. The van der Waals surface area contributed by atoms with E-state index in [1.54, 1.807) is 6.20 Å². The van der Waals surface area contributed by atoms with E-state index in [9.17, 15) is 4.79 Å². The summed E-state index contributed by atoms with van der Waals surface area (Å²) in [6, 6.07) is 15.2. The fourth-order valence-corrected chi connectivity index (χ4v) is 1.97. The predicted molar refractivity (Wildman–Crippen MR) is 75.7 cm³/mol. The minimum absolute atomic E-state index is 0.0631. The Kier molecular flexibility index (Phi) is 4.67. The van der Waals surface area contributed by atoms with Crippen LogP contribution < -0.4 is 0 Å². The molecule has 0 saturated heterocycles. The van der Waals surface area contributed by atoms with E-state index in [0.717, 1.165) is 24.2 Å². The third-order valence-electron chi connectivity index (χ3n) is 2.88. The van der Waals surface area contributed by atoms with Crippen molar-refractivity contribution in [2.24, 2.45) is 0 Å². The third-order valence-corrected chi connectivity index (χ3v) is 2.88. The first-order valence-corrected chi connectivity index (χ1v) is 6.55. The van der Waals surface area contributed by atoms with Gasteiger partial charge in [-0.3, -0.25) is 9.78 Å². The molecule has 2 aromatic rings. The summed E-state index contributed by atoms with van der Waals surface area (Å²) in [5.74, 6) is 0.0631. The highest BCUT2D eigenvalue weighted by molar-refractivity contribution is 5.94. The number of rotatable bonds is 5. The van der Waals surface area contributed by atoms with E-state index >= 15 is 0 Å². The van der Waals surface area contributed by atoms with Crippen LogP contribution in [0.2, 0.25) is 0 Å². The lowest BCUT2D eigenvalue weighted by Crippen LogP contribution is -2.31. The molecule has 0 aliphatic rings. The maximum atomic E-state index is 12.4. The van der Waals surface area contributed by atoms with Gasteiger partial charge in [0.1, 0.15) is 0 Å². The number of aromatic nitrogens is 1. The number of benzene rings is 1. The number of carbonyl (C=O) groups excluding carboxylic acids is 1. The standard InChI is InChI=1S/C16H18N2O/c1-2-12-18(13-15-10-6-7-11-17-15)16(19)14-8-4-3-5-9-14/h3-11H,2,12-13H2,1H3. The van der Waals surface area contributed by atoms with E-state index in [2.05, 4.69) is 11.9 Å². The highest BCUT2D eigenvalue weighted by Crippen LogP contribution is 2.09. The van der Waals surface area contributed by atoms with Gasteiger partial charge in [0.25, 0.3) is 5.91 Å². The summed E-state index contributed by atoms with van der Waals surface area (Å²) in [5.41, 5.74) is 1.65. The van der Waals surface area contributed by atoms with Gasteiger partial charge in [-0.05, 0) is 30.7 Å². The largest absolute Gasteiger partial charge is 0.333 e. The smallest absolute Gasteiger partial charge is 0.254 e. The van der Waals surface area contributed by atoms with Crippen LogP contribution in [0.1, 0.15) is 29.4 Å². The van der Waals surface area contributed by atoms with Crippen LogP contribution in [0.5, 0.6) is 0 Å². The van der Waals surface area contributed by atoms with Gasteiger partial charge in [0.15, 0.2) is 0 Å². The van der Waals surface area contributed by atoms with Crippen molar-refractivity contribution in [3.05, 3.63) is 66.0 Å². The molecular weight excluding hydrogens is 236 g/mol. The second-order valence-electron chi connectivity index (χ2n) is 4.41. The Morgan fingerprint density at radius 2 is 1.84 bits per heavy atom. The molecule has 19 heavy (non-hydrogen) atoms. The van der Waals surface area contributed by atoms with Crippen molar-refractivity contribution in [3.63, 3.8) is 0 Å². The van der Waals surface area contributed by atoms with Crippen LogP contribution in [0.4, 0.5) is 0 Å². The van der Waals surface area contributed by atoms with Crippen molar-refractivity contribution in [3.8, 4) is 0 Å². The Hall–Kier alpha value is -2.16. The number of pyridine rings is 1. The van der Waals surface area contributed by atoms with Gasteiger partial charge in [-0.1, -0.05) is 31.2 Å². The van der Waals surface area contributed by atoms with Crippen molar-refractivity contribution in [2.45, 2.75) is 19.9 Å².